The first-order chi connectivity index (χ1) is 10.3. The summed E-state index contributed by atoms with van der Waals surface area (Å²) in [6, 6.07) is 9.81. The van der Waals surface area contributed by atoms with Crippen LogP contribution in [0.2, 0.25) is 0 Å². The van der Waals surface area contributed by atoms with Gasteiger partial charge in [-0.15, -0.1) is 0 Å². The fraction of sp³-hybridized carbons (Fsp3) is 0.200. The minimum absolute atomic E-state index is 0.651. The van der Waals surface area contributed by atoms with Crippen LogP contribution in [0.3, 0.4) is 0 Å². The Hall–Kier alpha value is -1.92. The van der Waals surface area contributed by atoms with Crippen LogP contribution in [0.5, 0.6) is 5.75 Å². The number of imidazole rings is 1. The highest BCUT2D eigenvalue weighted by Gasteiger charge is 2.06. The number of nitrogens with one attached hydrogen (secondary N) is 2. The molecule has 0 aliphatic carbocycles. The topological polar surface area (TPSA) is 62.8 Å². The van der Waals surface area contributed by atoms with Crippen molar-refractivity contribution in [2.45, 2.75) is 0 Å². The standard InChI is InChI=1S/C15H15BrN4O/c1-17-6-7-21-12-4-2-10(3-5-12)14-19-13-8-11(16)9-18-15(13)20-14/h2-5,8-9,17H,6-7H2,1H3,(H,18,19,20). The van der Waals surface area contributed by atoms with Crippen LogP contribution in [0.4, 0.5) is 0 Å². The van der Waals surface area contributed by atoms with E-state index in [4.69, 9.17) is 4.74 Å². The lowest BCUT2D eigenvalue weighted by Gasteiger charge is -2.05. The van der Waals surface area contributed by atoms with Crippen molar-refractivity contribution in [3.05, 3.63) is 41.0 Å². The van der Waals surface area contributed by atoms with Gasteiger partial charge in [-0.25, -0.2) is 9.97 Å². The van der Waals surface area contributed by atoms with Gasteiger partial charge in [0.05, 0.1) is 0 Å². The molecule has 21 heavy (non-hydrogen) atoms. The van der Waals surface area contributed by atoms with Gasteiger partial charge in [0.25, 0.3) is 0 Å². The minimum Gasteiger partial charge on any atom is -0.492 e. The molecule has 5 nitrogen and oxygen atoms in total. The number of halogens is 1. The molecule has 0 spiro atoms. The molecule has 0 amide bonds. The van der Waals surface area contributed by atoms with Gasteiger partial charge >= 0.3 is 0 Å². The zero-order chi connectivity index (χ0) is 14.7. The van der Waals surface area contributed by atoms with Crippen molar-refractivity contribution in [1.82, 2.24) is 20.3 Å². The Morgan fingerprint density at radius 2 is 2.10 bits per heavy atom. The van der Waals surface area contributed by atoms with Crippen molar-refractivity contribution in [2.75, 3.05) is 20.2 Å². The zero-order valence-electron chi connectivity index (χ0n) is 11.6. The van der Waals surface area contributed by atoms with Crippen LogP contribution in [0.25, 0.3) is 22.6 Å². The highest BCUT2D eigenvalue weighted by atomic mass is 79.9. The molecule has 0 saturated heterocycles. The SMILES string of the molecule is CNCCOc1ccc(-c2nc3cc(Br)cnc3[nH]2)cc1. The number of nitrogens with zero attached hydrogens (tertiary/aromatic N) is 2. The van der Waals surface area contributed by atoms with Crippen LogP contribution in [-0.4, -0.2) is 35.2 Å². The lowest BCUT2D eigenvalue weighted by atomic mass is 10.2. The van der Waals surface area contributed by atoms with Crippen molar-refractivity contribution < 1.29 is 4.74 Å². The van der Waals surface area contributed by atoms with E-state index in [2.05, 4.69) is 36.2 Å². The van der Waals surface area contributed by atoms with Gasteiger partial charge in [0.1, 0.15) is 23.7 Å². The summed E-state index contributed by atoms with van der Waals surface area (Å²) in [6.45, 7) is 1.48. The van der Waals surface area contributed by atoms with Gasteiger partial charge in [0.15, 0.2) is 5.65 Å². The Labute approximate surface area is 130 Å². The molecule has 1 aromatic carbocycles. The maximum absolute atomic E-state index is 5.60. The molecular weight excluding hydrogens is 332 g/mol. The maximum atomic E-state index is 5.60. The second kappa shape index (κ2) is 6.24. The minimum atomic E-state index is 0.651. The zero-order valence-corrected chi connectivity index (χ0v) is 13.1. The third-order valence-electron chi connectivity index (χ3n) is 3.05. The fourth-order valence-corrected chi connectivity index (χ4v) is 2.31. The van der Waals surface area contributed by atoms with Gasteiger partial charge in [0, 0.05) is 22.8 Å². The van der Waals surface area contributed by atoms with Crippen LogP contribution in [0.1, 0.15) is 0 Å². The van der Waals surface area contributed by atoms with Crippen molar-refractivity contribution in [3.63, 3.8) is 0 Å². The van der Waals surface area contributed by atoms with E-state index in [0.29, 0.717) is 6.61 Å². The van der Waals surface area contributed by atoms with Crippen LogP contribution >= 0.6 is 15.9 Å². The number of hydrogen-bond donors (Lipinski definition) is 2. The lowest BCUT2D eigenvalue weighted by molar-refractivity contribution is 0.318. The van der Waals surface area contributed by atoms with E-state index in [9.17, 15) is 0 Å². The lowest BCUT2D eigenvalue weighted by Crippen LogP contribution is -2.15. The summed E-state index contributed by atoms with van der Waals surface area (Å²) < 4.78 is 6.52. The smallest absolute Gasteiger partial charge is 0.157 e. The van der Waals surface area contributed by atoms with E-state index >= 15 is 0 Å². The molecule has 0 unspecified atom stereocenters. The quantitative estimate of drug-likeness (QED) is 0.697. The van der Waals surface area contributed by atoms with Crippen molar-refractivity contribution in [2.24, 2.45) is 0 Å². The van der Waals surface area contributed by atoms with Gasteiger partial charge in [0.2, 0.25) is 0 Å². The van der Waals surface area contributed by atoms with Gasteiger partial charge in [-0.2, -0.15) is 0 Å². The molecule has 2 aromatic heterocycles. The largest absolute Gasteiger partial charge is 0.492 e. The Morgan fingerprint density at radius 3 is 2.86 bits per heavy atom. The van der Waals surface area contributed by atoms with E-state index in [1.165, 1.54) is 0 Å². The monoisotopic (exact) mass is 346 g/mol. The van der Waals surface area contributed by atoms with Crippen LogP contribution in [0.15, 0.2) is 41.0 Å². The molecule has 0 aliphatic rings. The van der Waals surface area contributed by atoms with Crippen LogP contribution < -0.4 is 10.1 Å². The molecule has 3 rings (SSSR count). The van der Waals surface area contributed by atoms with Gasteiger partial charge in [-0.1, -0.05) is 0 Å². The summed E-state index contributed by atoms with van der Waals surface area (Å²) in [5.41, 5.74) is 2.63. The number of fused-ring (bicyclic) bond motifs is 1. The molecule has 2 N–H and O–H groups in total. The number of likely N-dealkylation sites (N-methyl/N-ethyl adjacent to an activating group) is 1. The second-order valence-electron chi connectivity index (χ2n) is 4.58. The van der Waals surface area contributed by atoms with E-state index in [1.54, 1.807) is 6.20 Å². The Morgan fingerprint density at radius 1 is 1.29 bits per heavy atom. The summed E-state index contributed by atoms with van der Waals surface area (Å²) in [6.07, 6.45) is 1.75. The van der Waals surface area contributed by atoms with Gasteiger partial charge < -0.3 is 15.0 Å². The normalized spacial score (nSPS) is 11.0. The van der Waals surface area contributed by atoms with Crippen molar-refractivity contribution in [3.8, 4) is 17.1 Å². The number of H-pyrrole nitrogens is 1. The summed E-state index contributed by atoms with van der Waals surface area (Å²) in [4.78, 5) is 12.1. The predicted octanol–water partition coefficient (Wildman–Crippen LogP) is 2.99. The molecule has 3 aromatic rings. The molecule has 0 fully saturated rings. The Kier molecular flexibility index (Phi) is 4.17. The number of ether oxygens (including phenoxy) is 1. The third-order valence-corrected chi connectivity index (χ3v) is 3.49. The van der Waals surface area contributed by atoms with Crippen molar-refractivity contribution in [1.29, 1.82) is 0 Å². The number of hydrogen-bond acceptors (Lipinski definition) is 4. The summed E-state index contributed by atoms with van der Waals surface area (Å²) in [5, 5.41) is 3.04. The Bertz CT molecular complexity index is 739. The van der Waals surface area contributed by atoms with E-state index < -0.39 is 0 Å². The first kappa shape index (κ1) is 14.0. The number of aromatic nitrogens is 3. The van der Waals surface area contributed by atoms with Gasteiger partial charge in [-0.05, 0) is 53.3 Å². The molecule has 6 heteroatoms. The van der Waals surface area contributed by atoms with Gasteiger partial charge in [-0.3, -0.25) is 0 Å². The molecule has 0 aliphatic heterocycles. The highest BCUT2D eigenvalue weighted by molar-refractivity contribution is 9.10. The number of benzene rings is 1. The molecule has 2 heterocycles. The third kappa shape index (κ3) is 3.22. The first-order valence-electron chi connectivity index (χ1n) is 6.65. The van der Waals surface area contributed by atoms with Crippen LogP contribution in [-0.2, 0) is 0 Å². The predicted molar refractivity (Wildman–Crippen MR) is 86.4 cm³/mol. The van der Waals surface area contributed by atoms with Crippen LogP contribution in [0, 0.1) is 0 Å². The number of aromatic amines is 1. The Balaban J connectivity index is 1.81. The molecule has 0 bridgehead atoms. The average Bonchev–Trinajstić information content (AvgIpc) is 2.91. The van der Waals surface area contributed by atoms with E-state index in [0.717, 1.165) is 39.3 Å². The summed E-state index contributed by atoms with van der Waals surface area (Å²) in [5.74, 6) is 1.66. The summed E-state index contributed by atoms with van der Waals surface area (Å²) in [7, 11) is 1.90. The second-order valence-corrected chi connectivity index (χ2v) is 5.50. The number of rotatable bonds is 5. The molecule has 0 radical (unpaired) electrons. The fourth-order valence-electron chi connectivity index (χ4n) is 1.99. The number of pyridine rings is 1. The summed E-state index contributed by atoms with van der Waals surface area (Å²) >= 11 is 3.40. The molecule has 108 valence electrons. The maximum Gasteiger partial charge on any atom is 0.157 e. The van der Waals surface area contributed by atoms with E-state index in [1.807, 2.05) is 37.4 Å². The van der Waals surface area contributed by atoms with Crippen molar-refractivity contribution >= 4 is 27.1 Å². The molecule has 0 atom stereocenters. The average molecular weight is 347 g/mol. The first-order valence-corrected chi connectivity index (χ1v) is 7.44. The van der Waals surface area contributed by atoms with E-state index in [-0.39, 0.29) is 0 Å². The molecule has 0 saturated carbocycles. The molecular formula is C15H15BrN4O. The highest BCUT2D eigenvalue weighted by Crippen LogP contribution is 2.23.